The zero-order chi connectivity index (χ0) is 11.5. The van der Waals surface area contributed by atoms with Crippen molar-refractivity contribution in [3.05, 3.63) is 29.3 Å². The minimum Gasteiger partial charge on any atom is -0.283 e. The fourth-order valence-corrected chi connectivity index (χ4v) is 1.83. The van der Waals surface area contributed by atoms with Crippen LogP contribution in [0.25, 0.3) is 0 Å². The lowest BCUT2D eigenvalue weighted by atomic mass is 10.1. The maximum atomic E-state index is 11.3. The van der Waals surface area contributed by atoms with Crippen LogP contribution < -0.4 is 4.72 Å². The van der Waals surface area contributed by atoms with Crippen LogP contribution in [0.2, 0.25) is 0 Å². The zero-order valence-electron chi connectivity index (χ0n) is 8.61. The first-order chi connectivity index (χ1) is 6.94. The second-order valence-corrected chi connectivity index (χ2v) is 5.04. The van der Waals surface area contributed by atoms with Gasteiger partial charge < -0.3 is 0 Å². The summed E-state index contributed by atoms with van der Waals surface area (Å²) in [4.78, 5) is 0. The molecule has 4 nitrogen and oxygen atoms in total. The van der Waals surface area contributed by atoms with Gasteiger partial charge >= 0.3 is 0 Å². The number of aryl methyl sites for hydroxylation is 2. The molecule has 0 aliphatic heterocycles. The summed E-state index contributed by atoms with van der Waals surface area (Å²) < 4.78 is 24.9. The van der Waals surface area contributed by atoms with Crippen LogP contribution >= 0.6 is 0 Å². The van der Waals surface area contributed by atoms with Crippen LogP contribution in [-0.2, 0) is 10.0 Å². The van der Waals surface area contributed by atoms with Gasteiger partial charge in [0.15, 0.2) is 5.75 Å². The average Bonchev–Trinajstić information content (AvgIpc) is 2.10. The van der Waals surface area contributed by atoms with Crippen LogP contribution in [0, 0.1) is 25.2 Å². The summed E-state index contributed by atoms with van der Waals surface area (Å²) in [6.45, 7) is 3.85. The molecule has 80 valence electrons. The maximum absolute atomic E-state index is 11.3. The molecule has 1 aromatic carbocycles. The molecular weight excluding hydrogens is 212 g/mol. The van der Waals surface area contributed by atoms with Crippen LogP contribution in [0.5, 0.6) is 0 Å². The molecule has 0 amide bonds. The van der Waals surface area contributed by atoms with Crippen molar-refractivity contribution in [3.8, 4) is 6.07 Å². The molecule has 1 N–H and O–H groups in total. The van der Waals surface area contributed by atoms with E-state index in [4.69, 9.17) is 5.26 Å². The van der Waals surface area contributed by atoms with Gasteiger partial charge in [0.05, 0.1) is 6.07 Å². The van der Waals surface area contributed by atoms with E-state index >= 15 is 0 Å². The summed E-state index contributed by atoms with van der Waals surface area (Å²) in [6.07, 6.45) is 0. The fraction of sp³-hybridized carbons (Fsp3) is 0.300. The summed E-state index contributed by atoms with van der Waals surface area (Å²) in [6, 6.07) is 6.85. The minimum absolute atomic E-state index is 0.494. The van der Waals surface area contributed by atoms with E-state index in [0.29, 0.717) is 5.69 Å². The van der Waals surface area contributed by atoms with Crippen molar-refractivity contribution in [1.29, 1.82) is 5.26 Å². The third-order valence-corrected chi connectivity index (χ3v) is 3.09. The highest BCUT2D eigenvalue weighted by atomic mass is 32.2. The number of benzene rings is 1. The lowest BCUT2D eigenvalue weighted by Crippen LogP contribution is -2.15. The van der Waals surface area contributed by atoms with Gasteiger partial charge in [-0.05, 0) is 37.1 Å². The monoisotopic (exact) mass is 224 g/mol. The first-order valence-corrected chi connectivity index (χ1v) is 6.04. The van der Waals surface area contributed by atoms with Gasteiger partial charge in [0, 0.05) is 5.69 Å². The smallest absolute Gasteiger partial charge is 0.246 e. The van der Waals surface area contributed by atoms with Gasteiger partial charge in [-0.15, -0.1) is 0 Å². The molecule has 0 saturated heterocycles. The maximum Gasteiger partial charge on any atom is 0.246 e. The normalized spacial score (nSPS) is 10.7. The molecule has 15 heavy (non-hydrogen) atoms. The second kappa shape index (κ2) is 4.32. The van der Waals surface area contributed by atoms with Gasteiger partial charge in [-0.25, -0.2) is 8.42 Å². The van der Waals surface area contributed by atoms with Crippen molar-refractivity contribution in [1.82, 2.24) is 0 Å². The number of hydrogen-bond donors (Lipinski definition) is 1. The molecule has 5 heteroatoms. The number of rotatable bonds is 3. The molecular formula is C10H12N2O2S. The summed E-state index contributed by atoms with van der Waals surface area (Å²) in [5.74, 6) is -0.528. The van der Waals surface area contributed by atoms with Crippen LogP contribution in [0.1, 0.15) is 11.1 Å². The van der Waals surface area contributed by atoms with E-state index in [2.05, 4.69) is 4.72 Å². The van der Waals surface area contributed by atoms with Crippen molar-refractivity contribution in [2.75, 3.05) is 10.5 Å². The van der Waals surface area contributed by atoms with Crippen LogP contribution in [0.15, 0.2) is 18.2 Å². The Morgan fingerprint density at radius 3 is 2.53 bits per heavy atom. The number of anilines is 1. The van der Waals surface area contributed by atoms with Gasteiger partial charge in [0.2, 0.25) is 10.0 Å². The Morgan fingerprint density at radius 1 is 1.33 bits per heavy atom. The SMILES string of the molecule is Cc1ccc(NS(=O)(=O)CC#N)cc1C. The lowest BCUT2D eigenvalue weighted by molar-refractivity contribution is 0.604. The van der Waals surface area contributed by atoms with E-state index in [1.807, 2.05) is 19.9 Å². The largest absolute Gasteiger partial charge is 0.283 e. The summed E-state index contributed by atoms with van der Waals surface area (Å²) in [7, 11) is -3.53. The van der Waals surface area contributed by atoms with E-state index in [-0.39, 0.29) is 0 Å². The van der Waals surface area contributed by atoms with Crippen molar-refractivity contribution in [2.24, 2.45) is 0 Å². The molecule has 0 fully saturated rings. The first kappa shape index (κ1) is 11.5. The average molecular weight is 224 g/mol. The molecule has 0 atom stereocenters. The molecule has 0 heterocycles. The van der Waals surface area contributed by atoms with Crippen LogP contribution in [0.4, 0.5) is 5.69 Å². The Morgan fingerprint density at radius 2 is 2.00 bits per heavy atom. The highest BCUT2D eigenvalue weighted by Gasteiger charge is 2.09. The molecule has 0 spiro atoms. The van der Waals surface area contributed by atoms with Crippen molar-refractivity contribution < 1.29 is 8.42 Å². The predicted octanol–water partition coefficient (Wildman–Crippen LogP) is 1.57. The quantitative estimate of drug-likeness (QED) is 0.847. The predicted molar refractivity (Wildman–Crippen MR) is 58.9 cm³/mol. The summed E-state index contributed by atoms with van der Waals surface area (Å²) in [5.41, 5.74) is 2.60. The molecule has 0 unspecified atom stereocenters. The Kier molecular flexibility index (Phi) is 3.32. The van der Waals surface area contributed by atoms with E-state index in [9.17, 15) is 8.42 Å². The fourth-order valence-electron chi connectivity index (χ4n) is 1.11. The number of sulfonamides is 1. The van der Waals surface area contributed by atoms with E-state index in [1.165, 1.54) is 0 Å². The molecule has 0 saturated carbocycles. The lowest BCUT2D eigenvalue weighted by Gasteiger charge is -2.07. The van der Waals surface area contributed by atoms with Gasteiger partial charge in [-0.3, -0.25) is 4.72 Å². The number of nitriles is 1. The zero-order valence-corrected chi connectivity index (χ0v) is 9.43. The van der Waals surface area contributed by atoms with Gasteiger partial charge in [-0.2, -0.15) is 5.26 Å². The van der Waals surface area contributed by atoms with E-state index in [1.54, 1.807) is 18.2 Å². The minimum atomic E-state index is -3.53. The Bertz CT molecular complexity index is 501. The topological polar surface area (TPSA) is 70.0 Å². The van der Waals surface area contributed by atoms with E-state index < -0.39 is 15.8 Å². The van der Waals surface area contributed by atoms with Gasteiger partial charge in [0.25, 0.3) is 0 Å². The first-order valence-electron chi connectivity index (χ1n) is 4.39. The highest BCUT2D eigenvalue weighted by molar-refractivity contribution is 7.92. The van der Waals surface area contributed by atoms with Crippen LogP contribution in [0.3, 0.4) is 0 Å². The second-order valence-electron chi connectivity index (χ2n) is 3.32. The Labute approximate surface area is 89.6 Å². The third-order valence-electron chi connectivity index (χ3n) is 2.03. The Hall–Kier alpha value is -1.54. The van der Waals surface area contributed by atoms with Crippen molar-refractivity contribution >= 4 is 15.7 Å². The molecule has 0 aliphatic rings. The summed E-state index contributed by atoms with van der Waals surface area (Å²) >= 11 is 0. The molecule has 0 bridgehead atoms. The number of nitrogens with one attached hydrogen (secondary N) is 1. The third kappa shape index (κ3) is 3.26. The van der Waals surface area contributed by atoms with E-state index in [0.717, 1.165) is 11.1 Å². The number of hydrogen-bond acceptors (Lipinski definition) is 3. The standard InChI is InChI=1S/C10H12N2O2S/c1-8-3-4-10(7-9(8)2)12-15(13,14)6-5-11/h3-4,7,12H,6H2,1-2H3. The Balaban J connectivity index is 2.92. The van der Waals surface area contributed by atoms with Crippen molar-refractivity contribution in [3.63, 3.8) is 0 Å². The highest BCUT2D eigenvalue weighted by Crippen LogP contribution is 2.15. The molecule has 1 aromatic rings. The molecule has 1 rings (SSSR count). The molecule has 0 aromatic heterocycles. The van der Waals surface area contributed by atoms with Gasteiger partial charge in [-0.1, -0.05) is 6.07 Å². The summed E-state index contributed by atoms with van der Waals surface area (Å²) in [5, 5.41) is 8.31. The number of nitrogens with zero attached hydrogens (tertiary/aromatic N) is 1. The molecule has 0 radical (unpaired) electrons. The molecule has 0 aliphatic carbocycles. The van der Waals surface area contributed by atoms with Gasteiger partial charge in [0.1, 0.15) is 0 Å². The van der Waals surface area contributed by atoms with Crippen molar-refractivity contribution in [2.45, 2.75) is 13.8 Å². The van der Waals surface area contributed by atoms with Crippen LogP contribution in [-0.4, -0.2) is 14.2 Å².